The van der Waals surface area contributed by atoms with E-state index in [2.05, 4.69) is 15.4 Å². The molecule has 112 valence electrons. The van der Waals surface area contributed by atoms with Crippen LogP contribution in [-0.2, 0) is 13.5 Å². The smallest absolute Gasteiger partial charge is 0.355 e. The first-order chi connectivity index (χ1) is 9.90. The fraction of sp³-hybridized carbons (Fsp3) is 0.333. The molecule has 0 fully saturated rings. The van der Waals surface area contributed by atoms with E-state index in [1.54, 1.807) is 14.0 Å². The van der Waals surface area contributed by atoms with Gasteiger partial charge >= 0.3 is 5.97 Å². The number of rotatable bonds is 5. The van der Waals surface area contributed by atoms with Gasteiger partial charge in [-0.25, -0.2) is 9.78 Å². The summed E-state index contributed by atoms with van der Waals surface area (Å²) in [6.45, 7) is 2.10. The van der Waals surface area contributed by atoms with Gasteiger partial charge in [-0.15, -0.1) is 11.3 Å². The van der Waals surface area contributed by atoms with Gasteiger partial charge in [0.2, 0.25) is 0 Å². The van der Waals surface area contributed by atoms with Gasteiger partial charge in [-0.05, 0) is 6.92 Å². The zero-order chi connectivity index (χ0) is 15.6. The van der Waals surface area contributed by atoms with Crippen molar-refractivity contribution in [1.82, 2.24) is 20.1 Å². The first-order valence-electron chi connectivity index (χ1n) is 6.05. The molecular weight excluding hydrogens is 316 g/mol. The van der Waals surface area contributed by atoms with Crippen LogP contribution in [0.5, 0.6) is 0 Å². The fourth-order valence-corrected chi connectivity index (χ4v) is 2.64. The highest BCUT2D eigenvalue weighted by molar-refractivity contribution is 7.09. The Kier molecular flexibility index (Phi) is 4.59. The molecule has 2 N–H and O–H groups in total. The monoisotopic (exact) mass is 328 g/mol. The first kappa shape index (κ1) is 15.5. The van der Waals surface area contributed by atoms with Gasteiger partial charge < -0.3 is 10.4 Å². The highest BCUT2D eigenvalue weighted by atomic mass is 35.5. The summed E-state index contributed by atoms with van der Waals surface area (Å²) in [6, 6.07) is 0. The Balaban J connectivity index is 1.92. The number of aromatic carboxylic acids is 1. The number of carbonyl (C=O) groups excluding carboxylic acids is 1. The van der Waals surface area contributed by atoms with E-state index in [0.717, 1.165) is 0 Å². The minimum absolute atomic E-state index is 0.0183. The van der Waals surface area contributed by atoms with Crippen molar-refractivity contribution in [1.29, 1.82) is 0 Å². The van der Waals surface area contributed by atoms with Gasteiger partial charge in [0.1, 0.15) is 0 Å². The topological polar surface area (TPSA) is 97.1 Å². The van der Waals surface area contributed by atoms with Crippen LogP contribution in [0.2, 0.25) is 5.02 Å². The molecule has 2 aromatic rings. The molecule has 1 amide bonds. The van der Waals surface area contributed by atoms with Crippen LogP contribution in [0, 0.1) is 6.92 Å². The van der Waals surface area contributed by atoms with E-state index < -0.39 is 5.97 Å². The molecular formula is C12H13ClN4O3S. The Hall–Kier alpha value is -1.93. The predicted octanol–water partition coefficient (Wildman–Crippen LogP) is 1.51. The molecule has 0 unspecified atom stereocenters. The van der Waals surface area contributed by atoms with Crippen molar-refractivity contribution in [3.63, 3.8) is 0 Å². The molecule has 0 aliphatic carbocycles. The van der Waals surface area contributed by atoms with Gasteiger partial charge in [0.05, 0.1) is 15.7 Å². The van der Waals surface area contributed by atoms with Crippen LogP contribution in [0.25, 0.3) is 0 Å². The second-order valence-corrected chi connectivity index (χ2v) is 5.63. The minimum Gasteiger partial charge on any atom is -0.476 e. The largest absolute Gasteiger partial charge is 0.476 e. The number of amides is 1. The molecule has 9 heteroatoms. The summed E-state index contributed by atoms with van der Waals surface area (Å²) in [5.74, 6) is -1.42. The fourth-order valence-electron chi connectivity index (χ4n) is 1.62. The SMILES string of the molecule is Cc1c(Cl)c(C(=O)NCCc2nc(C(=O)O)cs2)nn1C. The summed E-state index contributed by atoms with van der Waals surface area (Å²) < 4.78 is 1.54. The third kappa shape index (κ3) is 3.40. The number of carboxylic acids is 1. The number of carboxylic acid groups (broad SMARTS) is 1. The normalized spacial score (nSPS) is 10.6. The number of thiazole rings is 1. The molecule has 0 radical (unpaired) electrons. The second kappa shape index (κ2) is 6.23. The molecule has 0 bridgehead atoms. The van der Waals surface area contributed by atoms with Gasteiger partial charge in [0, 0.05) is 25.4 Å². The molecule has 0 saturated heterocycles. The van der Waals surface area contributed by atoms with Gasteiger partial charge in [0.25, 0.3) is 5.91 Å². The van der Waals surface area contributed by atoms with Crippen LogP contribution in [-0.4, -0.2) is 38.3 Å². The molecule has 2 rings (SSSR count). The third-order valence-corrected chi connectivity index (χ3v) is 4.23. The maximum atomic E-state index is 12.0. The molecule has 0 atom stereocenters. The summed E-state index contributed by atoms with van der Waals surface area (Å²) in [7, 11) is 1.71. The Labute approximate surface area is 129 Å². The predicted molar refractivity (Wildman–Crippen MR) is 78.1 cm³/mol. The zero-order valence-corrected chi connectivity index (χ0v) is 13.0. The summed E-state index contributed by atoms with van der Waals surface area (Å²) in [5.41, 5.74) is 0.916. The van der Waals surface area contributed by atoms with Crippen molar-refractivity contribution in [2.24, 2.45) is 7.05 Å². The molecule has 21 heavy (non-hydrogen) atoms. The summed E-state index contributed by atoms with van der Waals surface area (Å²) >= 11 is 7.27. The van der Waals surface area contributed by atoms with Crippen LogP contribution >= 0.6 is 22.9 Å². The van der Waals surface area contributed by atoms with Crippen molar-refractivity contribution in [2.75, 3.05) is 6.54 Å². The maximum Gasteiger partial charge on any atom is 0.355 e. The zero-order valence-electron chi connectivity index (χ0n) is 11.4. The summed E-state index contributed by atoms with van der Waals surface area (Å²) in [6.07, 6.45) is 0.452. The van der Waals surface area contributed by atoms with E-state index in [0.29, 0.717) is 28.7 Å². The Bertz CT molecular complexity index is 695. The highest BCUT2D eigenvalue weighted by Gasteiger charge is 2.17. The van der Waals surface area contributed by atoms with Crippen LogP contribution in [0.1, 0.15) is 31.7 Å². The average molecular weight is 329 g/mol. The third-order valence-electron chi connectivity index (χ3n) is 2.87. The van der Waals surface area contributed by atoms with E-state index in [-0.39, 0.29) is 17.3 Å². The van der Waals surface area contributed by atoms with Gasteiger partial charge in [-0.2, -0.15) is 5.10 Å². The van der Waals surface area contributed by atoms with E-state index >= 15 is 0 Å². The highest BCUT2D eigenvalue weighted by Crippen LogP contribution is 2.18. The molecule has 2 aromatic heterocycles. The lowest BCUT2D eigenvalue weighted by Gasteiger charge is -2.01. The molecule has 2 heterocycles. The number of aromatic nitrogens is 3. The minimum atomic E-state index is -1.06. The van der Waals surface area contributed by atoms with Gasteiger partial charge in [-0.1, -0.05) is 11.6 Å². The molecule has 0 aliphatic heterocycles. The van der Waals surface area contributed by atoms with Gasteiger partial charge in [0.15, 0.2) is 11.4 Å². The molecule has 0 spiro atoms. The van der Waals surface area contributed by atoms with Crippen molar-refractivity contribution < 1.29 is 14.7 Å². The van der Waals surface area contributed by atoms with Crippen LogP contribution < -0.4 is 5.32 Å². The molecule has 0 aromatic carbocycles. The number of hydrogen-bond donors (Lipinski definition) is 2. The summed E-state index contributed by atoms with van der Waals surface area (Å²) in [5, 5.41) is 18.0. The van der Waals surface area contributed by atoms with E-state index in [4.69, 9.17) is 16.7 Å². The molecule has 0 saturated carbocycles. The second-order valence-electron chi connectivity index (χ2n) is 4.31. The van der Waals surface area contributed by atoms with Crippen molar-refractivity contribution in [3.05, 3.63) is 32.5 Å². The quantitative estimate of drug-likeness (QED) is 0.867. The van der Waals surface area contributed by atoms with Crippen LogP contribution in [0.4, 0.5) is 0 Å². The van der Waals surface area contributed by atoms with E-state index in [1.165, 1.54) is 21.4 Å². The van der Waals surface area contributed by atoms with Gasteiger partial charge in [-0.3, -0.25) is 9.48 Å². The lowest BCUT2D eigenvalue weighted by Crippen LogP contribution is -2.26. The number of nitrogens with zero attached hydrogens (tertiary/aromatic N) is 3. The molecule has 7 nitrogen and oxygen atoms in total. The standard InChI is InChI=1S/C12H13ClN4O3S/c1-6-9(13)10(16-17(6)2)11(18)14-4-3-8-15-7(5-21-8)12(19)20/h5H,3-4H2,1-2H3,(H,14,18)(H,19,20). The average Bonchev–Trinajstić information content (AvgIpc) is 3.00. The number of halogens is 1. The number of nitrogens with one attached hydrogen (secondary N) is 1. The van der Waals surface area contributed by atoms with Crippen molar-refractivity contribution >= 4 is 34.8 Å². The van der Waals surface area contributed by atoms with Crippen molar-refractivity contribution in [3.8, 4) is 0 Å². The lowest BCUT2D eigenvalue weighted by molar-refractivity contribution is 0.0690. The lowest BCUT2D eigenvalue weighted by atomic mass is 10.3. The number of aryl methyl sites for hydroxylation is 1. The number of carbonyl (C=O) groups is 2. The summed E-state index contributed by atoms with van der Waals surface area (Å²) in [4.78, 5) is 26.6. The van der Waals surface area contributed by atoms with E-state index in [1.807, 2.05) is 0 Å². The Morgan fingerprint density at radius 1 is 1.52 bits per heavy atom. The first-order valence-corrected chi connectivity index (χ1v) is 7.31. The van der Waals surface area contributed by atoms with Crippen molar-refractivity contribution in [2.45, 2.75) is 13.3 Å². The molecule has 0 aliphatic rings. The Morgan fingerprint density at radius 3 is 2.76 bits per heavy atom. The van der Waals surface area contributed by atoms with Crippen LogP contribution in [0.3, 0.4) is 0 Å². The van der Waals surface area contributed by atoms with Crippen LogP contribution in [0.15, 0.2) is 5.38 Å². The maximum absolute atomic E-state index is 12.0. The van der Waals surface area contributed by atoms with E-state index in [9.17, 15) is 9.59 Å². The Morgan fingerprint density at radius 2 is 2.24 bits per heavy atom. The number of hydrogen-bond acceptors (Lipinski definition) is 5.